The van der Waals surface area contributed by atoms with Crippen molar-refractivity contribution in [3.63, 3.8) is 0 Å². The lowest BCUT2D eigenvalue weighted by Gasteiger charge is -2.13. The van der Waals surface area contributed by atoms with Crippen LogP contribution in [0.3, 0.4) is 0 Å². The average Bonchev–Trinajstić information content (AvgIpc) is 3.11. The van der Waals surface area contributed by atoms with Gasteiger partial charge in [0.1, 0.15) is 12.4 Å². The van der Waals surface area contributed by atoms with Crippen LogP contribution in [0.25, 0.3) is 0 Å². The Morgan fingerprint density at radius 3 is 3.00 bits per heavy atom. The molecule has 0 radical (unpaired) electrons. The van der Waals surface area contributed by atoms with Crippen LogP contribution in [0.4, 0.5) is 0 Å². The van der Waals surface area contributed by atoms with Crippen molar-refractivity contribution in [2.75, 3.05) is 0 Å². The van der Waals surface area contributed by atoms with Gasteiger partial charge in [-0.25, -0.2) is 0 Å². The monoisotopic (exact) mass is 386 g/mol. The van der Waals surface area contributed by atoms with Crippen LogP contribution in [0, 0.1) is 6.92 Å². The Bertz CT molecular complexity index is 929. The predicted octanol–water partition coefficient (Wildman–Crippen LogP) is 3.37. The largest absolute Gasteiger partial charge is 0.484 e. The molecule has 0 aliphatic heterocycles. The Morgan fingerprint density at radius 1 is 1.37 bits per heavy atom. The average molecular weight is 387 g/mol. The van der Waals surface area contributed by atoms with Crippen LogP contribution in [-0.4, -0.2) is 27.1 Å². The zero-order valence-corrected chi connectivity index (χ0v) is 15.7. The molecular weight excluding hydrogens is 368 g/mol. The van der Waals surface area contributed by atoms with E-state index >= 15 is 0 Å². The van der Waals surface area contributed by atoms with Gasteiger partial charge in [-0.3, -0.25) is 14.8 Å². The fourth-order valence-corrected chi connectivity index (χ4v) is 2.65. The molecule has 3 aromatic heterocycles. The molecule has 7 nitrogen and oxygen atoms in total. The van der Waals surface area contributed by atoms with Crippen LogP contribution in [0.15, 0.2) is 47.4 Å². The van der Waals surface area contributed by atoms with E-state index < -0.39 is 0 Å². The van der Waals surface area contributed by atoms with Crippen molar-refractivity contribution in [2.24, 2.45) is 0 Å². The number of ether oxygens (including phenoxy) is 1. The van der Waals surface area contributed by atoms with Crippen LogP contribution in [0.1, 0.15) is 34.4 Å². The lowest BCUT2D eigenvalue weighted by atomic mass is 10.1. The molecule has 3 aromatic rings. The number of hydrogen-bond acceptors (Lipinski definition) is 6. The van der Waals surface area contributed by atoms with E-state index in [1.807, 2.05) is 26.0 Å². The lowest BCUT2D eigenvalue weighted by molar-refractivity contribution is 0.0930. The number of halogens is 1. The number of aromatic nitrogens is 3. The second kappa shape index (κ2) is 8.64. The van der Waals surface area contributed by atoms with E-state index in [0.29, 0.717) is 23.0 Å². The van der Waals surface area contributed by atoms with Gasteiger partial charge in [-0.1, -0.05) is 22.8 Å². The minimum atomic E-state index is -0.310. The van der Waals surface area contributed by atoms with Gasteiger partial charge in [-0.05, 0) is 25.5 Å². The van der Waals surface area contributed by atoms with E-state index in [4.69, 9.17) is 20.9 Å². The molecule has 0 fully saturated rings. The number of hydrogen-bond donors (Lipinski definition) is 1. The van der Waals surface area contributed by atoms with Crippen molar-refractivity contribution < 1.29 is 14.1 Å². The van der Waals surface area contributed by atoms with Gasteiger partial charge in [-0.15, -0.1) is 0 Å². The zero-order chi connectivity index (χ0) is 19.2. The standard InChI is InChI=1S/C19H19ClN4O3/c1-12-4-3-5-22-17(12)6-13(2)23-19(25)18-8-16(27-24-18)11-26-15-7-14(20)9-21-10-15/h3-5,7-10,13H,6,11H2,1-2H3,(H,23,25)/t13-/m1/s1. The highest BCUT2D eigenvalue weighted by atomic mass is 35.5. The third-order valence-electron chi connectivity index (χ3n) is 3.85. The predicted molar refractivity (Wildman–Crippen MR) is 99.7 cm³/mol. The number of pyridine rings is 2. The van der Waals surface area contributed by atoms with Crippen LogP contribution in [0.5, 0.6) is 5.75 Å². The number of carbonyl (C=O) groups excluding carboxylic acids is 1. The summed E-state index contributed by atoms with van der Waals surface area (Å²) >= 11 is 5.85. The number of aryl methyl sites for hydroxylation is 1. The van der Waals surface area contributed by atoms with E-state index in [1.165, 1.54) is 12.4 Å². The first kappa shape index (κ1) is 18.8. The molecule has 1 amide bonds. The van der Waals surface area contributed by atoms with Crippen LogP contribution >= 0.6 is 11.6 Å². The molecule has 8 heteroatoms. The van der Waals surface area contributed by atoms with Crippen molar-refractivity contribution in [2.45, 2.75) is 32.9 Å². The normalized spacial score (nSPS) is 11.8. The third-order valence-corrected chi connectivity index (χ3v) is 4.05. The van der Waals surface area contributed by atoms with E-state index in [0.717, 1.165) is 11.3 Å². The molecule has 1 atom stereocenters. The summed E-state index contributed by atoms with van der Waals surface area (Å²) < 4.78 is 10.7. The number of rotatable bonds is 7. The Kier molecular flexibility index (Phi) is 6.03. The van der Waals surface area contributed by atoms with E-state index in [2.05, 4.69) is 20.4 Å². The molecule has 0 spiro atoms. The topological polar surface area (TPSA) is 90.1 Å². The van der Waals surface area contributed by atoms with Crippen molar-refractivity contribution >= 4 is 17.5 Å². The Morgan fingerprint density at radius 2 is 2.22 bits per heavy atom. The summed E-state index contributed by atoms with van der Waals surface area (Å²) in [5, 5.41) is 7.17. The number of carbonyl (C=O) groups is 1. The van der Waals surface area contributed by atoms with Crippen LogP contribution in [0.2, 0.25) is 5.02 Å². The smallest absolute Gasteiger partial charge is 0.273 e. The highest BCUT2D eigenvalue weighted by Gasteiger charge is 2.16. The molecule has 0 bridgehead atoms. The van der Waals surface area contributed by atoms with Gasteiger partial charge in [-0.2, -0.15) is 0 Å². The summed E-state index contributed by atoms with van der Waals surface area (Å²) in [6, 6.07) is 6.97. The molecule has 0 saturated heterocycles. The highest BCUT2D eigenvalue weighted by Crippen LogP contribution is 2.17. The summed E-state index contributed by atoms with van der Waals surface area (Å²) in [5.41, 5.74) is 2.24. The molecule has 0 saturated carbocycles. The second-order valence-corrected chi connectivity index (χ2v) is 6.59. The van der Waals surface area contributed by atoms with E-state index in [-0.39, 0.29) is 24.2 Å². The Balaban J connectivity index is 1.54. The minimum Gasteiger partial charge on any atom is -0.484 e. The second-order valence-electron chi connectivity index (χ2n) is 6.15. The first-order chi connectivity index (χ1) is 13.0. The van der Waals surface area contributed by atoms with Crippen molar-refractivity contribution in [3.8, 4) is 5.75 Å². The van der Waals surface area contributed by atoms with Gasteiger partial charge in [0.2, 0.25) is 0 Å². The zero-order valence-electron chi connectivity index (χ0n) is 15.0. The summed E-state index contributed by atoms with van der Waals surface area (Å²) in [4.78, 5) is 20.6. The number of nitrogens with zero attached hydrogens (tertiary/aromatic N) is 3. The summed E-state index contributed by atoms with van der Waals surface area (Å²) in [5.74, 6) is 0.619. The van der Waals surface area contributed by atoms with Gasteiger partial charge < -0.3 is 14.6 Å². The first-order valence-corrected chi connectivity index (χ1v) is 8.79. The van der Waals surface area contributed by atoms with E-state index in [9.17, 15) is 4.79 Å². The molecule has 140 valence electrons. The van der Waals surface area contributed by atoms with Gasteiger partial charge >= 0.3 is 0 Å². The molecule has 0 unspecified atom stereocenters. The molecule has 3 heterocycles. The fourth-order valence-electron chi connectivity index (χ4n) is 2.48. The molecular formula is C19H19ClN4O3. The quantitative estimate of drug-likeness (QED) is 0.669. The van der Waals surface area contributed by atoms with Gasteiger partial charge in [0, 0.05) is 42.7 Å². The molecule has 0 aliphatic rings. The van der Waals surface area contributed by atoms with Gasteiger partial charge in [0.05, 0.1) is 11.2 Å². The number of amides is 1. The van der Waals surface area contributed by atoms with Crippen LogP contribution in [-0.2, 0) is 13.0 Å². The Hall–Kier alpha value is -2.93. The molecule has 1 N–H and O–H groups in total. The SMILES string of the molecule is Cc1cccnc1C[C@@H](C)NC(=O)c1cc(COc2cncc(Cl)c2)on1. The van der Waals surface area contributed by atoms with Crippen molar-refractivity contribution in [1.82, 2.24) is 20.4 Å². The minimum absolute atomic E-state index is 0.0972. The van der Waals surface area contributed by atoms with Crippen molar-refractivity contribution in [1.29, 1.82) is 0 Å². The summed E-state index contributed by atoms with van der Waals surface area (Å²) in [7, 11) is 0. The highest BCUT2D eigenvalue weighted by molar-refractivity contribution is 6.30. The Labute approximate surface area is 161 Å². The lowest BCUT2D eigenvalue weighted by Crippen LogP contribution is -2.34. The maximum Gasteiger partial charge on any atom is 0.273 e. The maximum atomic E-state index is 12.3. The first-order valence-electron chi connectivity index (χ1n) is 8.41. The van der Waals surface area contributed by atoms with Crippen LogP contribution < -0.4 is 10.1 Å². The van der Waals surface area contributed by atoms with Gasteiger partial charge in [0.15, 0.2) is 11.5 Å². The van der Waals surface area contributed by atoms with Crippen molar-refractivity contribution in [3.05, 3.63) is 70.6 Å². The summed E-state index contributed by atoms with van der Waals surface area (Å²) in [6.45, 7) is 4.03. The summed E-state index contributed by atoms with van der Waals surface area (Å²) in [6.07, 6.45) is 5.43. The third kappa shape index (κ3) is 5.27. The molecule has 0 aliphatic carbocycles. The fraction of sp³-hybridized carbons (Fsp3) is 0.263. The molecule has 0 aromatic carbocycles. The molecule has 27 heavy (non-hydrogen) atoms. The number of nitrogens with one attached hydrogen (secondary N) is 1. The van der Waals surface area contributed by atoms with E-state index in [1.54, 1.807) is 18.3 Å². The molecule has 3 rings (SSSR count). The van der Waals surface area contributed by atoms with Gasteiger partial charge in [0.25, 0.3) is 5.91 Å². The maximum absolute atomic E-state index is 12.3.